The zero-order chi connectivity index (χ0) is 13.0. The van der Waals surface area contributed by atoms with Gasteiger partial charge in [-0.05, 0) is 19.1 Å². The molecular formula is C12H15N5O. The molecule has 2 rings (SSSR count). The summed E-state index contributed by atoms with van der Waals surface area (Å²) in [4.78, 5) is 14.1. The molecule has 0 radical (unpaired) electrons. The second-order valence-corrected chi connectivity index (χ2v) is 3.56. The summed E-state index contributed by atoms with van der Waals surface area (Å²) in [6.07, 6.45) is 0. The molecule has 94 valence electrons. The van der Waals surface area contributed by atoms with Gasteiger partial charge in [0.1, 0.15) is 0 Å². The van der Waals surface area contributed by atoms with Crippen LogP contribution in [0.25, 0.3) is 0 Å². The van der Waals surface area contributed by atoms with Gasteiger partial charge in [-0.2, -0.15) is 15.0 Å². The van der Waals surface area contributed by atoms with E-state index in [-0.39, 0.29) is 12.0 Å². The summed E-state index contributed by atoms with van der Waals surface area (Å²) in [7, 11) is 1.50. The topological polar surface area (TPSA) is 77.2 Å². The molecule has 0 amide bonds. The van der Waals surface area contributed by atoms with Gasteiger partial charge in [-0.1, -0.05) is 18.2 Å². The molecule has 6 heteroatoms. The molecule has 0 fully saturated rings. The van der Waals surface area contributed by atoms with E-state index in [2.05, 4.69) is 15.0 Å². The van der Waals surface area contributed by atoms with Crippen LogP contribution in [-0.4, -0.2) is 28.6 Å². The Kier molecular flexibility index (Phi) is 3.57. The Labute approximate surface area is 105 Å². The highest BCUT2D eigenvalue weighted by molar-refractivity contribution is 5.57. The molecule has 1 aromatic heterocycles. The van der Waals surface area contributed by atoms with Crippen LogP contribution >= 0.6 is 0 Å². The number of nitrogens with zero attached hydrogens (tertiary/aromatic N) is 4. The van der Waals surface area contributed by atoms with Crippen molar-refractivity contribution in [2.24, 2.45) is 0 Å². The molecule has 0 saturated heterocycles. The largest absolute Gasteiger partial charge is 0.467 e. The molecule has 1 aromatic carbocycles. The third-order valence-electron chi connectivity index (χ3n) is 2.43. The maximum absolute atomic E-state index is 5.64. The smallest absolute Gasteiger partial charge is 0.322 e. The van der Waals surface area contributed by atoms with Crippen LogP contribution in [0, 0.1) is 0 Å². The monoisotopic (exact) mass is 245 g/mol. The van der Waals surface area contributed by atoms with E-state index in [1.807, 2.05) is 42.2 Å². The Morgan fingerprint density at radius 3 is 2.50 bits per heavy atom. The Balaban J connectivity index is 2.42. The molecule has 6 nitrogen and oxygen atoms in total. The summed E-state index contributed by atoms with van der Waals surface area (Å²) < 4.78 is 5.00. The van der Waals surface area contributed by atoms with E-state index >= 15 is 0 Å². The number of ether oxygens (including phenoxy) is 1. The van der Waals surface area contributed by atoms with E-state index in [9.17, 15) is 0 Å². The van der Waals surface area contributed by atoms with Crippen LogP contribution < -0.4 is 15.4 Å². The number of methoxy groups -OCH3 is 1. The lowest BCUT2D eigenvalue weighted by Crippen LogP contribution is -2.20. The van der Waals surface area contributed by atoms with Gasteiger partial charge in [-0.3, -0.25) is 0 Å². The van der Waals surface area contributed by atoms with Gasteiger partial charge in [0.2, 0.25) is 11.9 Å². The van der Waals surface area contributed by atoms with E-state index in [0.717, 1.165) is 12.2 Å². The van der Waals surface area contributed by atoms with Crippen molar-refractivity contribution in [1.82, 2.24) is 15.0 Å². The summed E-state index contributed by atoms with van der Waals surface area (Å²) >= 11 is 0. The number of hydrogen-bond acceptors (Lipinski definition) is 6. The quantitative estimate of drug-likeness (QED) is 0.882. The van der Waals surface area contributed by atoms with Crippen LogP contribution in [0.15, 0.2) is 30.3 Å². The summed E-state index contributed by atoms with van der Waals surface area (Å²) in [5, 5.41) is 0. The molecule has 0 aliphatic rings. The summed E-state index contributed by atoms with van der Waals surface area (Å²) in [5.74, 6) is 0.624. The molecule has 0 aliphatic heterocycles. The van der Waals surface area contributed by atoms with E-state index in [1.54, 1.807) is 0 Å². The highest BCUT2D eigenvalue weighted by Gasteiger charge is 2.12. The predicted octanol–water partition coefficient (Wildman–Crippen LogP) is 1.62. The zero-order valence-corrected chi connectivity index (χ0v) is 10.4. The van der Waals surface area contributed by atoms with E-state index in [1.165, 1.54) is 7.11 Å². The highest BCUT2D eigenvalue weighted by Crippen LogP contribution is 2.22. The lowest BCUT2D eigenvalue weighted by Gasteiger charge is -2.20. The average Bonchev–Trinajstić information content (AvgIpc) is 2.40. The molecular weight excluding hydrogens is 230 g/mol. The first-order valence-corrected chi connectivity index (χ1v) is 5.62. The number of para-hydroxylation sites is 1. The van der Waals surface area contributed by atoms with E-state index < -0.39 is 0 Å². The molecule has 2 aromatic rings. The van der Waals surface area contributed by atoms with Crippen LogP contribution in [0.4, 0.5) is 17.6 Å². The van der Waals surface area contributed by atoms with Gasteiger partial charge in [0.05, 0.1) is 7.11 Å². The fourth-order valence-corrected chi connectivity index (χ4v) is 1.62. The van der Waals surface area contributed by atoms with Gasteiger partial charge >= 0.3 is 6.01 Å². The minimum Gasteiger partial charge on any atom is -0.467 e. The highest BCUT2D eigenvalue weighted by atomic mass is 16.5. The lowest BCUT2D eigenvalue weighted by atomic mass is 10.3. The number of rotatable bonds is 4. The third-order valence-corrected chi connectivity index (χ3v) is 2.43. The summed E-state index contributed by atoms with van der Waals surface area (Å²) in [5.41, 5.74) is 6.63. The molecule has 0 unspecified atom stereocenters. The second-order valence-electron chi connectivity index (χ2n) is 3.56. The zero-order valence-electron chi connectivity index (χ0n) is 10.4. The summed E-state index contributed by atoms with van der Waals surface area (Å²) in [6, 6.07) is 10.1. The summed E-state index contributed by atoms with van der Waals surface area (Å²) in [6.45, 7) is 2.73. The maximum Gasteiger partial charge on any atom is 0.322 e. The van der Waals surface area contributed by atoms with Crippen LogP contribution in [0.5, 0.6) is 6.01 Å². The first kappa shape index (κ1) is 12.1. The maximum atomic E-state index is 5.64. The normalized spacial score (nSPS) is 10.1. The molecule has 18 heavy (non-hydrogen) atoms. The third kappa shape index (κ3) is 2.48. The first-order valence-electron chi connectivity index (χ1n) is 5.62. The van der Waals surface area contributed by atoms with E-state index in [0.29, 0.717) is 5.95 Å². The van der Waals surface area contributed by atoms with Crippen molar-refractivity contribution in [2.75, 3.05) is 24.3 Å². The molecule has 0 aliphatic carbocycles. The number of hydrogen-bond donors (Lipinski definition) is 1. The van der Waals surface area contributed by atoms with Crippen molar-refractivity contribution in [3.05, 3.63) is 30.3 Å². The molecule has 0 atom stereocenters. The van der Waals surface area contributed by atoms with Crippen molar-refractivity contribution >= 4 is 17.6 Å². The van der Waals surface area contributed by atoms with Crippen molar-refractivity contribution in [1.29, 1.82) is 0 Å². The van der Waals surface area contributed by atoms with Crippen LogP contribution in [0.1, 0.15) is 6.92 Å². The molecule has 0 spiro atoms. The van der Waals surface area contributed by atoms with Gasteiger partial charge < -0.3 is 15.4 Å². The fraction of sp³-hybridized carbons (Fsp3) is 0.250. The van der Waals surface area contributed by atoms with Crippen molar-refractivity contribution in [3.8, 4) is 6.01 Å². The standard InChI is InChI=1S/C12H15N5O/c1-3-17(9-7-5-4-6-8-9)11-14-10(13)15-12(16-11)18-2/h4-8H,3H2,1-2H3,(H2,13,14,15,16). The van der Waals surface area contributed by atoms with Crippen molar-refractivity contribution in [3.63, 3.8) is 0 Å². The predicted molar refractivity (Wildman–Crippen MR) is 69.9 cm³/mol. The number of aromatic nitrogens is 3. The van der Waals surface area contributed by atoms with Crippen LogP contribution in [0.2, 0.25) is 0 Å². The SMILES string of the molecule is CCN(c1ccccc1)c1nc(N)nc(OC)n1. The minimum atomic E-state index is 0.145. The Morgan fingerprint density at radius 1 is 1.17 bits per heavy atom. The van der Waals surface area contributed by atoms with Gasteiger partial charge in [0, 0.05) is 12.2 Å². The molecule has 2 N–H and O–H groups in total. The number of nitrogens with two attached hydrogens (primary N) is 1. The van der Waals surface area contributed by atoms with Crippen LogP contribution in [-0.2, 0) is 0 Å². The minimum absolute atomic E-state index is 0.145. The molecule has 1 heterocycles. The Hall–Kier alpha value is -2.37. The van der Waals surface area contributed by atoms with Gasteiger partial charge in [-0.15, -0.1) is 0 Å². The average molecular weight is 245 g/mol. The second kappa shape index (κ2) is 5.31. The van der Waals surface area contributed by atoms with Crippen molar-refractivity contribution < 1.29 is 4.74 Å². The van der Waals surface area contributed by atoms with E-state index in [4.69, 9.17) is 10.5 Å². The Bertz CT molecular complexity index is 517. The van der Waals surface area contributed by atoms with Crippen LogP contribution in [0.3, 0.4) is 0 Å². The Morgan fingerprint density at radius 2 is 1.89 bits per heavy atom. The van der Waals surface area contributed by atoms with Gasteiger partial charge in [-0.25, -0.2) is 0 Å². The molecule has 0 saturated carbocycles. The molecule has 0 bridgehead atoms. The lowest BCUT2D eigenvalue weighted by molar-refractivity contribution is 0.379. The number of anilines is 3. The van der Waals surface area contributed by atoms with Gasteiger partial charge in [0.15, 0.2) is 0 Å². The van der Waals surface area contributed by atoms with Crippen molar-refractivity contribution in [2.45, 2.75) is 6.92 Å². The fourth-order valence-electron chi connectivity index (χ4n) is 1.62. The number of benzene rings is 1. The van der Waals surface area contributed by atoms with Gasteiger partial charge in [0.25, 0.3) is 0 Å². The number of nitrogen functional groups attached to an aromatic ring is 1. The first-order chi connectivity index (χ1) is 8.74.